The Morgan fingerprint density at radius 1 is 1.42 bits per heavy atom. The van der Waals surface area contributed by atoms with E-state index in [-0.39, 0.29) is 0 Å². The number of hydrogen-bond acceptors (Lipinski definition) is 3. The van der Waals surface area contributed by atoms with Crippen molar-refractivity contribution in [3.8, 4) is 0 Å². The maximum atomic E-state index is 8.99. The molecule has 0 aliphatic rings. The summed E-state index contributed by atoms with van der Waals surface area (Å²) in [5.74, 6) is 0. The van der Waals surface area contributed by atoms with E-state index in [9.17, 15) is 0 Å². The van der Waals surface area contributed by atoms with Crippen molar-refractivity contribution in [1.82, 2.24) is 5.32 Å². The molecule has 3 nitrogen and oxygen atoms in total. The summed E-state index contributed by atoms with van der Waals surface area (Å²) in [7, 11) is 1.45. The molecule has 2 N–H and O–H groups in total. The minimum Gasteiger partial charge on any atom is -0.356 e. The van der Waals surface area contributed by atoms with Crippen molar-refractivity contribution in [2.45, 2.75) is 13.0 Å². The molecular formula is C9H13NO2. The van der Waals surface area contributed by atoms with Gasteiger partial charge in [-0.25, -0.2) is 0 Å². The van der Waals surface area contributed by atoms with Gasteiger partial charge in [0.05, 0.1) is 0 Å². The molecule has 0 aromatic heterocycles. The molecule has 0 spiro atoms. The molecule has 0 amide bonds. The van der Waals surface area contributed by atoms with E-state index >= 15 is 0 Å². The Kier molecular flexibility index (Phi) is 3.73. The number of aliphatic hydroxyl groups is 1. The smallest absolute Gasteiger partial charge is 0.213 e. The Bertz CT molecular complexity index is 213. The highest BCUT2D eigenvalue weighted by Gasteiger charge is 1.98. The van der Waals surface area contributed by atoms with Crippen LogP contribution in [0.4, 0.5) is 0 Å². The van der Waals surface area contributed by atoms with Crippen molar-refractivity contribution in [1.29, 1.82) is 0 Å². The zero-order valence-electron chi connectivity index (χ0n) is 7.03. The summed E-state index contributed by atoms with van der Waals surface area (Å²) in [6, 6.07) is 9.83. The Hall–Kier alpha value is -0.900. The summed E-state index contributed by atoms with van der Waals surface area (Å²) < 4.78 is 4.62. The Morgan fingerprint density at radius 3 is 2.67 bits per heavy atom. The van der Waals surface area contributed by atoms with Gasteiger partial charge in [0.15, 0.2) is 0 Å². The quantitative estimate of drug-likeness (QED) is 0.648. The molecule has 0 aliphatic carbocycles. The zero-order chi connectivity index (χ0) is 8.81. The summed E-state index contributed by atoms with van der Waals surface area (Å²) in [6.07, 6.45) is -0.884. The van der Waals surface area contributed by atoms with Crippen molar-refractivity contribution in [2.75, 3.05) is 7.11 Å². The van der Waals surface area contributed by atoms with Crippen molar-refractivity contribution in [2.24, 2.45) is 0 Å². The largest absolute Gasteiger partial charge is 0.356 e. The summed E-state index contributed by atoms with van der Waals surface area (Å²) in [4.78, 5) is 0. The first-order valence-corrected chi connectivity index (χ1v) is 3.81. The number of methoxy groups -OCH3 is 1. The predicted octanol–water partition coefficient (Wildman–Crippen LogP) is 0.698. The van der Waals surface area contributed by atoms with Crippen LogP contribution in [-0.2, 0) is 11.3 Å². The monoisotopic (exact) mass is 167 g/mol. The van der Waals surface area contributed by atoms with Gasteiger partial charge in [-0.15, -0.1) is 0 Å². The fourth-order valence-electron chi connectivity index (χ4n) is 0.884. The van der Waals surface area contributed by atoms with E-state index in [1.54, 1.807) is 0 Å². The third kappa shape index (κ3) is 3.00. The summed E-state index contributed by atoms with van der Waals surface area (Å²) in [5, 5.41) is 11.8. The highest BCUT2D eigenvalue weighted by atomic mass is 16.6. The van der Waals surface area contributed by atoms with Crippen LogP contribution < -0.4 is 5.32 Å². The molecule has 0 saturated carbocycles. The minimum atomic E-state index is -0.884. The van der Waals surface area contributed by atoms with Gasteiger partial charge >= 0.3 is 0 Å². The third-order valence-electron chi connectivity index (χ3n) is 1.55. The molecule has 1 rings (SSSR count). The van der Waals surface area contributed by atoms with E-state index < -0.39 is 6.41 Å². The van der Waals surface area contributed by atoms with Crippen LogP contribution in [0.3, 0.4) is 0 Å². The van der Waals surface area contributed by atoms with Crippen LogP contribution in [-0.4, -0.2) is 18.6 Å². The van der Waals surface area contributed by atoms with Crippen LogP contribution in [0, 0.1) is 0 Å². The SMILES string of the molecule is COC(O)NCc1ccccc1. The Morgan fingerprint density at radius 2 is 2.08 bits per heavy atom. The van der Waals surface area contributed by atoms with Gasteiger partial charge in [0.25, 0.3) is 0 Å². The van der Waals surface area contributed by atoms with Gasteiger partial charge in [-0.3, -0.25) is 5.32 Å². The number of hydrogen-bond donors (Lipinski definition) is 2. The molecule has 0 radical (unpaired) electrons. The van der Waals surface area contributed by atoms with Gasteiger partial charge in [-0.1, -0.05) is 30.3 Å². The first kappa shape index (κ1) is 9.19. The highest BCUT2D eigenvalue weighted by molar-refractivity contribution is 5.14. The van der Waals surface area contributed by atoms with Gasteiger partial charge in [0, 0.05) is 13.7 Å². The first-order valence-electron chi connectivity index (χ1n) is 3.81. The van der Waals surface area contributed by atoms with Crippen LogP contribution in [0.25, 0.3) is 0 Å². The fourth-order valence-corrected chi connectivity index (χ4v) is 0.884. The predicted molar refractivity (Wildman–Crippen MR) is 46.3 cm³/mol. The van der Waals surface area contributed by atoms with Gasteiger partial charge in [-0.2, -0.15) is 0 Å². The van der Waals surface area contributed by atoms with Crippen LogP contribution in [0.15, 0.2) is 30.3 Å². The number of ether oxygens (including phenoxy) is 1. The van der Waals surface area contributed by atoms with Crippen LogP contribution in [0.2, 0.25) is 0 Å². The van der Waals surface area contributed by atoms with E-state index in [0.717, 1.165) is 5.56 Å². The van der Waals surface area contributed by atoms with Crippen molar-refractivity contribution in [3.63, 3.8) is 0 Å². The van der Waals surface area contributed by atoms with Crippen LogP contribution in [0.1, 0.15) is 5.56 Å². The standard InChI is InChI=1S/C9H13NO2/c1-12-9(11)10-7-8-5-3-2-4-6-8/h2-6,9-11H,7H2,1H3. The number of rotatable bonds is 4. The molecule has 0 bridgehead atoms. The zero-order valence-corrected chi connectivity index (χ0v) is 7.03. The van der Waals surface area contributed by atoms with Crippen molar-refractivity contribution < 1.29 is 9.84 Å². The van der Waals surface area contributed by atoms with E-state index in [1.165, 1.54) is 7.11 Å². The van der Waals surface area contributed by atoms with Gasteiger partial charge in [0.2, 0.25) is 6.41 Å². The average Bonchev–Trinajstić information content (AvgIpc) is 2.16. The van der Waals surface area contributed by atoms with Crippen molar-refractivity contribution >= 4 is 0 Å². The molecule has 0 aliphatic heterocycles. The first-order chi connectivity index (χ1) is 5.83. The van der Waals surface area contributed by atoms with E-state index in [0.29, 0.717) is 6.54 Å². The second kappa shape index (κ2) is 4.87. The number of aliphatic hydroxyl groups excluding tert-OH is 1. The highest BCUT2D eigenvalue weighted by Crippen LogP contribution is 1.97. The molecule has 12 heavy (non-hydrogen) atoms. The molecule has 0 heterocycles. The molecule has 66 valence electrons. The second-order valence-electron chi connectivity index (χ2n) is 2.45. The lowest BCUT2D eigenvalue weighted by atomic mass is 10.2. The number of nitrogens with one attached hydrogen (secondary N) is 1. The lowest BCUT2D eigenvalue weighted by Gasteiger charge is -2.09. The Labute approximate surface area is 72.0 Å². The molecule has 1 aromatic rings. The van der Waals surface area contributed by atoms with Gasteiger partial charge < -0.3 is 9.84 Å². The van der Waals surface area contributed by atoms with Crippen LogP contribution >= 0.6 is 0 Å². The summed E-state index contributed by atoms with van der Waals surface area (Å²) in [6.45, 7) is 0.607. The maximum absolute atomic E-state index is 8.99. The molecule has 0 fully saturated rings. The van der Waals surface area contributed by atoms with E-state index in [4.69, 9.17) is 5.11 Å². The lowest BCUT2D eigenvalue weighted by Crippen LogP contribution is -2.29. The van der Waals surface area contributed by atoms with E-state index in [2.05, 4.69) is 10.1 Å². The Balaban J connectivity index is 2.33. The third-order valence-corrected chi connectivity index (χ3v) is 1.55. The molecule has 1 atom stereocenters. The summed E-state index contributed by atoms with van der Waals surface area (Å²) in [5.41, 5.74) is 1.12. The van der Waals surface area contributed by atoms with Crippen molar-refractivity contribution in [3.05, 3.63) is 35.9 Å². The topological polar surface area (TPSA) is 41.5 Å². The lowest BCUT2D eigenvalue weighted by molar-refractivity contribution is -0.0978. The summed E-state index contributed by atoms with van der Waals surface area (Å²) >= 11 is 0. The van der Waals surface area contributed by atoms with Crippen LogP contribution in [0.5, 0.6) is 0 Å². The molecule has 1 aromatic carbocycles. The molecule has 1 unspecified atom stereocenters. The normalized spacial score (nSPS) is 12.8. The van der Waals surface area contributed by atoms with Gasteiger partial charge in [-0.05, 0) is 5.56 Å². The molecule has 0 saturated heterocycles. The minimum absolute atomic E-state index is 0.607. The average molecular weight is 167 g/mol. The van der Waals surface area contributed by atoms with E-state index in [1.807, 2.05) is 30.3 Å². The van der Waals surface area contributed by atoms with Gasteiger partial charge in [0.1, 0.15) is 0 Å². The maximum Gasteiger partial charge on any atom is 0.213 e. The second-order valence-corrected chi connectivity index (χ2v) is 2.45. The molecular weight excluding hydrogens is 154 g/mol. The number of benzene rings is 1. The fraction of sp³-hybridized carbons (Fsp3) is 0.333. The molecule has 3 heteroatoms.